The van der Waals surface area contributed by atoms with E-state index in [4.69, 9.17) is 9.26 Å². The normalized spacial score (nSPS) is 20.3. The highest BCUT2D eigenvalue weighted by Crippen LogP contribution is 2.16. The number of nitrogens with one attached hydrogen (secondary N) is 1. The highest BCUT2D eigenvalue weighted by Gasteiger charge is 2.21. The van der Waals surface area contributed by atoms with Crippen LogP contribution in [0.15, 0.2) is 10.6 Å². The summed E-state index contributed by atoms with van der Waals surface area (Å²) >= 11 is 0. The molecule has 5 heteroatoms. The molecule has 0 aliphatic carbocycles. The minimum Gasteiger partial charge on any atom is -0.377 e. The average Bonchev–Trinajstić information content (AvgIpc) is 2.87. The van der Waals surface area contributed by atoms with Crippen molar-refractivity contribution in [2.24, 2.45) is 5.92 Å². The maximum atomic E-state index is 5.73. The van der Waals surface area contributed by atoms with Crippen molar-refractivity contribution in [3.05, 3.63) is 17.5 Å². The smallest absolute Gasteiger partial charge is 0.151 e. The Hall–Kier alpha value is -0.910. The number of hydrogen-bond acceptors (Lipinski definition) is 5. The zero-order chi connectivity index (χ0) is 15.1. The van der Waals surface area contributed by atoms with Gasteiger partial charge < -0.3 is 14.6 Å². The minimum absolute atomic E-state index is 0.374. The lowest BCUT2D eigenvalue weighted by Gasteiger charge is -2.31. The van der Waals surface area contributed by atoms with Gasteiger partial charge in [0.15, 0.2) is 5.76 Å². The number of rotatable bonds is 8. The quantitative estimate of drug-likeness (QED) is 0.798. The zero-order valence-electron chi connectivity index (χ0n) is 13.6. The summed E-state index contributed by atoms with van der Waals surface area (Å²) in [6.45, 7) is 12.0. The molecule has 2 heterocycles. The summed E-state index contributed by atoms with van der Waals surface area (Å²) in [5.41, 5.74) is 0.990. The molecule has 0 saturated carbocycles. The van der Waals surface area contributed by atoms with Crippen molar-refractivity contribution in [1.82, 2.24) is 15.4 Å². The summed E-state index contributed by atoms with van der Waals surface area (Å²) in [7, 11) is 0. The molecule has 0 spiro atoms. The van der Waals surface area contributed by atoms with Gasteiger partial charge in [0.1, 0.15) is 0 Å². The van der Waals surface area contributed by atoms with E-state index in [1.807, 2.05) is 0 Å². The topological polar surface area (TPSA) is 50.5 Å². The average molecular weight is 295 g/mol. The van der Waals surface area contributed by atoms with Gasteiger partial charge in [-0.05, 0) is 38.8 Å². The summed E-state index contributed by atoms with van der Waals surface area (Å²) in [5, 5.41) is 7.52. The van der Waals surface area contributed by atoms with Crippen LogP contribution in [0.4, 0.5) is 0 Å². The van der Waals surface area contributed by atoms with Crippen LogP contribution >= 0.6 is 0 Å². The van der Waals surface area contributed by atoms with Crippen LogP contribution in [0.25, 0.3) is 0 Å². The lowest BCUT2D eigenvalue weighted by atomic mass is 10.1. The SMILES string of the molecule is CCOC1CCCN(Cc2cc(CNCC(C)C)no2)C1. The first-order valence-electron chi connectivity index (χ1n) is 8.16. The molecular formula is C16H29N3O2. The first-order valence-corrected chi connectivity index (χ1v) is 8.16. The Morgan fingerprint density at radius 2 is 2.38 bits per heavy atom. The fraction of sp³-hybridized carbons (Fsp3) is 0.812. The second-order valence-corrected chi connectivity index (χ2v) is 6.26. The molecule has 0 radical (unpaired) electrons. The summed E-state index contributed by atoms with van der Waals surface area (Å²) < 4.78 is 11.2. The van der Waals surface area contributed by atoms with E-state index < -0.39 is 0 Å². The summed E-state index contributed by atoms with van der Waals surface area (Å²) in [6.07, 6.45) is 2.74. The summed E-state index contributed by atoms with van der Waals surface area (Å²) in [5.74, 6) is 1.61. The minimum atomic E-state index is 0.374. The second-order valence-electron chi connectivity index (χ2n) is 6.26. The van der Waals surface area contributed by atoms with E-state index in [2.05, 4.69) is 42.2 Å². The van der Waals surface area contributed by atoms with Crippen molar-refractivity contribution in [3.63, 3.8) is 0 Å². The van der Waals surface area contributed by atoms with E-state index in [1.54, 1.807) is 0 Å². The lowest BCUT2D eigenvalue weighted by molar-refractivity contribution is 0.00156. The molecule has 1 aromatic heterocycles. The van der Waals surface area contributed by atoms with Crippen LogP contribution in [0.5, 0.6) is 0 Å². The molecule has 2 rings (SSSR count). The van der Waals surface area contributed by atoms with Crippen LogP contribution in [-0.4, -0.2) is 42.4 Å². The third kappa shape index (κ3) is 5.77. The fourth-order valence-electron chi connectivity index (χ4n) is 2.75. The van der Waals surface area contributed by atoms with Crippen LogP contribution in [0.1, 0.15) is 45.1 Å². The highest BCUT2D eigenvalue weighted by atomic mass is 16.5. The van der Waals surface area contributed by atoms with E-state index in [1.165, 1.54) is 12.8 Å². The number of nitrogens with zero attached hydrogens (tertiary/aromatic N) is 2. The first kappa shape index (κ1) is 16.5. The van der Waals surface area contributed by atoms with Crippen LogP contribution in [-0.2, 0) is 17.8 Å². The predicted octanol–water partition coefficient (Wildman–Crippen LogP) is 2.42. The monoisotopic (exact) mass is 295 g/mol. The van der Waals surface area contributed by atoms with E-state index in [9.17, 15) is 0 Å². The second kappa shape index (κ2) is 8.51. The van der Waals surface area contributed by atoms with Gasteiger partial charge in [0.05, 0.1) is 18.3 Å². The van der Waals surface area contributed by atoms with E-state index in [0.717, 1.165) is 50.8 Å². The molecule has 0 amide bonds. The van der Waals surface area contributed by atoms with E-state index >= 15 is 0 Å². The van der Waals surface area contributed by atoms with Crippen LogP contribution in [0.3, 0.4) is 0 Å². The number of aromatic nitrogens is 1. The number of hydrogen-bond donors (Lipinski definition) is 1. The molecule has 1 aliphatic heterocycles. The molecule has 21 heavy (non-hydrogen) atoms. The summed E-state index contributed by atoms with van der Waals surface area (Å²) in [4.78, 5) is 2.40. The van der Waals surface area contributed by atoms with Gasteiger partial charge in [-0.25, -0.2) is 0 Å². The number of piperidine rings is 1. The number of ether oxygens (including phenoxy) is 1. The van der Waals surface area contributed by atoms with Crippen molar-refractivity contribution >= 4 is 0 Å². The molecular weight excluding hydrogens is 266 g/mol. The molecule has 1 aromatic rings. The standard InChI is InChI=1S/C16H29N3O2/c1-4-20-15-6-5-7-19(11-15)12-16-8-14(18-21-16)10-17-9-13(2)3/h8,13,15,17H,4-7,9-12H2,1-3H3. The van der Waals surface area contributed by atoms with Gasteiger partial charge in [-0.15, -0.1) is 0 Å². The molecule has 1 saturated heterocycles. The maximum Gasteiger partial charge on any atom is 0.151 e. The first-order chi connectivity index (χ1) is 10.2. The maximum absolute atomic E-state index is 5.73. The fourth-order valence-corrected chi connectivity index (χ4v) is 2.75. The lowest BCUT2D eigenvalue weighted by Crippen LogP contribution is -2.39. The highest BCUT2D eigenvalue weighted by molar-refractivity contribution is 5.05. The van der Waals surface area contributed by atoms with Gasteiger partial charge in [0.25, 0.3) is 0 Å². The summed E-state index contributed by atoms with van der Waals surface area (Å²) in [6, 6.07) is 2.07. The van der Waals surface area contributed by atoms with Gasteiger partial charge in [-0.2, -0.15) is 0 Å². The van der Waals surface area contributed by atoms with Crippen LogP contribution in [0.2, 0.25) is 0 Å². The molecule has 1 atom stereocenters. The molecule has 1 unspecified atom stereocenters. The molecule has 0 bridgehead atoms. The Kier molecular flexibility index (Phi) is 6.67. The van der Waals surface area contributed by atoms with Gasteiger partial charge in [-0.1, -0.05) is 19.0 Å². The van der Waals surface area contributed by atoms with Crippen molar-refractivity contribution in [2.75, 3.05) is 26.2 Å². The Bertz CT molecular complexity index is 404. The van der Waals surface area contributed by atoms with Crippen LogP contribution in [0, 0.1) is 5.92 Å². The van der Waals surface area contributed by atoms with Gasteiger partial charge in [-0.3, -0.25) is 4.90 Å². The van der Waals surface area contributed by atoms with Crippen molar-refractivity contribution in [1.29, 1.82) is 0 Å². The van der Waals surface area contributed by atoms with Crippen molar-refractivity contribution in [2.45, 2.75) is 52.8 Å². The largest absolute Gasteiger partial charge is 0.377 e. The van der Waals surface area contributed by atoms with Crippen LogP contribution < -0.4 is 5.32 Å². The molecule has 1 N–H and O–H groups in total. The van der Waals surface area contributed by atoms with Gasteiger partial charge in [0.2, 0.25) is 0 Å². The Labute approximate surface area is 128 Å². The Morgan fingerprint density at radius 1 is 1.52 bits per heavy atom. The molecule has 1 aliphatic rings. The van der Waals surface area contributed by atoms with Crippen molar-refractivity contribution < 1.29 is 9.26 Å². The third-order valence-electron chi connectivity index (χ3n) is 3.71. The Balaban J connectivity index is 1.76. The predicted molar refractivity (Wildman–Crippen MR) is 83.0 cm³/mol. The Morgan fingerprint density at radius 3 is 3.14 bits per heavy atom. The molecule has 0 aromatic carbocycles. The molecule has 1 fully saturated rings. The van der Waals surface area contributed by atoms with Crippen molar-refractivity contribution in [3.8, 4) is 0 Å². The molecule has 5 nitrogen and oxygen atoms in total. The molecule has 120 valence electrons. The van der Waals surface area contributed by atoms with E-state index in [-0.39, 0.29) is 0 Å². The third-order valence-corrected chi connectivity index (χ3v) is 3.71. The van der Waals surface area contributed by atoms with Gasteiger partial charge >= 0.3 is 0 Å². The van der Waals surface area contributed by atoms with E-state index in [0.29, 0.717) is 12.0 Å². The van der Waals surface area contributed by atoms with Gasteiger partial charge in [0, 0.05) is 25.8 Å². The number of likely N-dealkylation sites (tertiary alicyclic amines) is 1. The zero-order valence-corrected chi connectivity index (χ0v) is 13.6.